The Balaban J connectivity index is 1.86. The van der Waals surface area contributed by atoms with E-state index < -0.39 is 5.54 Å². The van der Waals surface area contributed by atoms with Gasteiger partial charge in [-0.1, -0.05) is 54.6 Å². The van der Waals surface area contributed by atoms with Gasteiger partial charge in [0.2, 0.25) is 0 Å². The van der Waals surface area contributed by atoms with Crippen molar-refractivity contribution < 1.29 is 4.79 Å². The zero-order valence-corrected chi connectivity index (χ0v) is 15.4. The maximum atomic E-state index is 13.8. The van der Waals surface area contributed by atoms with Gasteiger partial charge >= 0.3 is 0 Å². The summed E-state index contributed by atoms with van der Waals surface area (Å²) in [6, 6.07) is 24.3. The number of carbonyl (C=O) groups is 1. The molecular formula is C24H20N2O. The quantitative estimate of drug-likeness (QED) is 0.548. The molecule has 0 aliphatic carbocycles. The molecule has 0 fully saturated rings. The summed E-state index contributed by atoms with van der Waals surface area (Å²) in [5.74, 6) is 0.0973. The molecule has 3 nitrogen and oxygen atoms in total. The highest BCUT2D eigenvalue weighted by atomic mass is 16.1. The number of hydrogen-bond acceptors (Lipinski definition) is 2. The van der Waals surface area contributed by atoms with Crippen LogP contribution in [-0.4, -0.2) is 10.4 Å². The minimum Gasteiger partial charge on any atom is -0.365 e. The summed E-state index contributed by atoms with van der Waals surface area (Å²) in [5, 5.41) is 4.71. The summed E-state index contributed by atoms with van der Waals surface area (Å²) >= 11 is 0. The number of para-hydroxylation sites is 1. The van der Waals surface area contributed by atoms with Crippen molar-refractivity contribution in [2.45, 2.75) is 12.5 Å². The number of nitrogens with one attached hydrogen (secondary N) is 1. The van der Waals surface area contributed by atoms with E-state index in [0.717, 1.165) is 38.8 Å². The zero-order valence-electron chi connectivity index (χ0n) is 15.4. The lowest BCUT2D eigenvalue weighted by atomic mass is 9.79. The maximum Gasteiger partial charge on any atom is 0.199 e. The van der Waals surface area contributed by atoms with Crippen molar-refractivity contribution in [2.75, 3.05) is 5.32 Å². The largest absolute Gasteiger partial charge is 0.365 e. The Hall–Kier alpha value is -3.33. The molecule has 1 aromatic heterocycles. The van der Waals surface area contributed by atoms with E-state index in [1.807, 2.05) is 68.6 Å². The van der Waals surface area contributed by atoms with Crippen molar-refractivity contribution in [3.63, 3.8) is 0 Å². The monoisotopic (exact) mass is 352 g/mol. The second-order valence-corrected chi connectivity index (χ2v) is 7.29. The first kappa shape index (κ1) is 15.9. The van der Waals surface area contributed by atoms with E-state index in [9.17, 15) is 4.79 Å². The van der Waals surface area contributed by atoms with Crippen LogP contribution < -0.4 is 5.32 Å². The molecule has 0 bridgehead atoms. The lowest BCUT2D eigenvalue weighted by molar-refractivity contribution is 0.0941. The van der Waals surface area contributed by atoms with Crippen molar-refractivity contribution in [2.24, 2.45) is 7.05 Å². The fourth-order valence-corrected chi connectivity index (χ4v) is 4.30. The topological polar surface area (TPSA) is 34.0 Å². The van der Waals surface area contributed by atoms with Crippen molar-refractivity contribution in [1.29, 1.82) is 0 Å². The third-order valence-corrected chi connectivity index (χ3v) is 5.59. The molecule has 0 amide bonds. The first-order valence-corrected chi connectivity index (χ1v) is 9.15. The predicted molar refractivity (Wildman–Crippen MR) is 109 cm³/mol. The maximum absolute atomic E-state index is 13.8. The third kappa shape index (κ3) is 2.12. The number of ketones is 1. The van der Waals surface area contributed by atoms with Gasteiger partial charge in [-0.3, -0.25) is 4.79 Å². The molecule has 1 unspecified atom stereocenters. The molecule has 27 heavy (non-hydrogen) atoms. The number of anilines is 1. The van der Waals surface area contributed by atoms with Crippen molar-refractivity contribution in [3.8, 4) is 0 Å². The normalized spacial score (nSPS) is 18.5. The predicted octanol–water partition coefficient (Wildman–Crippen LogP) is 5.04. The molecule has 4 aromatic rings. The molecule has 3 aromatic carbocycles. The molecule has 1 aliphatic rings. The molecular weight excluding hydrogens is 332 g/mol. The van der Waals surface area contributed by atoms with Crippen molar-refractivity contribution in [3.05, 3.63) is 101 Å². The molecule has 1 atom stereocenters. The first-order valence-electron chi connectivity index (χ1n) is 9.15. The highest BCUT2D eigenvalue weighted by molar-refractivity contribution is 6.17. The van der Waals surface area contributed by atoms with Crippen molar-refractivity contribution >= 4 is 22.4 Å². The number of nitrogens with zero attached hydrogens (tertiary/aromatic N) is 1. The van der Waals surface area contributed by atoms with E-state index >= 15 is 0 Å². The van der Waals surface area contributed by atoms with Gasteiger partial charge in [0.05, 0.1) is 0 Å². The van der Waals surface area contributed by atoms with Crippen LogP contribution in [0.3, 0.4) is 0 Å². The van der Waals surface area contributed by atoms with Crippen LogP contribution in [0.5, 0.6) is 0 Å². The van der Waals surface area contributed by atoms with Gasteiger partial charge in [-0.05, 0) is 36.2 Å². The van der Waals surface area contributed by atoms with Crippen molar-refractivity contribution in [1.82, 2.24) is 4.57 Å². The summed E-state index contributed by atoms with van der Waals surface area (Å²) in [6.07, 6.45) is 2.08. The molecule has 2 heterocycles. The Kier molecular flexibility index (Phi) is 3.28. The van der Waals surface area contributed by atoms with Crippen LogP contribution in [0.4, 0.5) is 5.69 Å². The molecule has 1 aliphatic heterocycles. The average molecular weight is 352 g/mol. The van der Waals surface area contributed by atoms with E-state index in [1.54, 1.807) is 0 Å². The van der Waals surface area contributed by atoms with Gasteiger partial charge in [-0.2, -0.15) is 0 Å². The minimum absolute atomic E-state index is 0.0973. The van der Waals surface area contributed by atoms with Crippen LogP contribution in [0.1, 0.15) is 27.0 Å². The summed E-state index contributed by atoms with van der Waals surface area (Å²) in [6.45, 7) is 2.05. The number of aromatic nitrogens is 1. The third-order valence-electron chi connectivity index (χ3n) is 5.59. The molecule has 0 spiro atoms. The van der Waals surface area contributed by atoms with Gasteiger partial charge in [0.15, 0.2) is 11.3 Å². The Labute approximate surface area is 158 Å². The zero-order chi connectivity index (χ0) is 18.6. The van der Waals surface area contributed by atoms with Gasteiger partial charge in [0, 0.05) is 41.0 Å². The SMILES string of the molecule is Cc1ccc2c(c1)NC(c1ccccc1)(c1cn(C)c3ccccc13)C2=O. The number of rotatable bonds is 2. The van der Waals surface area contributed by atoms with E-state index in [2.05, 4.69) is 34.3 Å². The fraction of sp³-hybridized carbons (Fsp3) is 0.125. The summed E-state index contributed by atoms with van der Waals surface area (Å²) in [7, 11) is 2.03. The molecule has 0 saturated heterocycles. The van der Waals surface area contributed by atoms with Crippen LogP contribution >= 0.6 is 0 Å². The number of hydrogen-bond donors (Lipinski definition) is 1. The Morgan fingerprint density at radius 3 is 2.48 bits per heavy atom. The number of Topliss-reactive ketones (excluding diaryl/α,β-unsaturated/α-hetero) is 1. The van der Waals surface area contributed by atoms with E-state index in [1.165, 1.54) is 0 Å². The Morgan fingerprint density at radius 1 is 0.926 bits per heavy atom. The second kappa shape index (κ2) is 5.58. The molecule has 0 radical (unpaired) electrons. The second-order valence-electron chi connectivity index (χ2n) is 7.29. The van der Waals surface area contributed by atoms with Gasteiger partial charge in [-0.15, -0.1) is 0 Å². The standard InChI is InChI=1S/C24H20N2O/c1-16-12-13-19-21(14-16)25-24(23(19)27,17-8-4-3-5-9-17)20-15-26(2)22-11-7-6-10-18(20)22/h3-15,25H,1-2H3. The first-order chi connectivity index (χ1) is 13.1. The Bertz CT molecular complexity index is 1190. The van der Waals surface area contributed by atoms with E-state index in [0.29, 0.717) is 0 Å². The highest BCUT2D eigenvalue weighted by Crippen LogP contribution is 2.46. The molecule has 1 N–H and O–H groups in total. The number of benzene rings is 3. The van der Waals surface area contributed by atoms with Crippen LogP contribution in [0.2, 0.25) is 0 Å². The van der Waals surface area contributed by atoms with Gasteiger partial charge < -0.3 is 9.88 Å². The lowest BCUT2D eigenvalue weighted by Gasteiger charge is -2.29. The van der Waals surface area contributed by atoms with E-state index in [-0.39, 0.29) is 5.78 Å². The number of aryl methyl sites for hydroxylation is 2. The molecule has 0 saturated carbocycles. The molecule has 132 valence electrons. The molecule has 3 heteroatoms. The van der Waals surface area contributed by atoms with Crippen LogP contribution in [0.15, 0.2) is 79.0 Å². The number of fused-ring (bicyclic) bond motifs is 2. The van der Waals surface area contributed by atoms with Crippen LogP contribution in [0.25, 0.3) is 10.9 Å². The average Bonchev–Trinajstić information content (AvgIpc) is 3.18. The summed E-state index contributed by atoms with van der Waals surface area (Å²) < 4.78 is 2.10. The highest BCUT2D eigenvalue weighted by Gasteiger charge is 2.49. The molecule has 5 rings (SSSR count). The van der Waals surface area contributed by atoms with Gasteiger partial charge in [-0.25, -0.2) is 0 Å². The summed E-state index contributed by atoms with van der Waals surface area (Å²) in [4.78, 5) is 13.8. The van der Waals surface area contributed by atoms with Gasteiger partial charge in [0.1, 0.15) is 0 Å². The van der Waals surface area contributed by atoms with Gasteiger partial charge in [0.25, 0.3) is 0 Å². The number of carbonyl (C=O) groups excluding carboxylic acids is 1. The van der Waals surface area contributed by atoms with Crippen LogP contribution in [-0.2, 0) is 12.6 Å². The van der Waals surface area contributed by atoms with E-state index in [4.69, 9.17) is 0 Å². The summed E-state index contributed by atoms with van der Waals surface area (Å²) in [5.41, 5.74) is 4.93. The minimum atomic E-state index is -0.918. The fourth-order valence-electron chi connectivity index (χ4n) is 4.30. The van der Waals surface area contributed by atoms with Crippen LogP contribution in [0, 0.1) is 6.92 Å². The smallest absolute Gasteiger partial charge is 0.199 e. The lowest BCUT2D eigenvalue weighted by Crippen LogP contribution is -2.39. The Morgan fingerprint density at radius 2 is 1.67 bits per heavy atom.